The van der Waals surface area contributed by atoms with Gasteiger partial charge in [-0.15, -0.1) is 12.0 Å². The Morgan fingerprint density at radius 3 is 1.69 bits per heavy atom. The molecule has 0 amide bonds. The molecule has 2 rings (SSSR count). The predicted molar refractivity (Wildman–Crippen MR) is 132 cm³/mol. The minimum atomic E-state index is -1.87. The summed E-state index contributed by atoms with van der Waals surface area (Å²) in [6, 6.07) is 0. The SMILES string of the molecule is C#Cc1c[nH]cc1F.CC(C)[Si](C(C)C)(C(C)C)n1cc(F)c(C#C[Si](C)(C)C)c1.[K+].[OH-]. The smallest absolute Gasteiger partial charge is 0.870 e. The van der Waals surface area contributed by atoms with Crippen LogP contribution in [0.1, 0.15) is 52.7 Å². The molecule has 0 bridgehead atoms. The van der Waals surface area contributed by atoms with E-state index >= 15 is 0 Å². The van der Waals surface area contributed by atoms with Gasteiger partial charge in [-0.25, -0.2) is 8.78 Å². The fourth-order valence-electron chi connectivity index (χ4n) is 4.35. The number of nitrogens with one attached hydrogen (secondary N) is 1. The van der Waals surface area contributed by atoms with Gasteiger partial charge >= 0.3 is 51.4 Å². The Kier molecular flexibility index (Phi) is 14.8. The van der Waals surface area contributed by atoms with Crippen LogP contribution >= 0.6 is 0 Å². The summed E-state index contributed by atoms with van der Waals surface area (Å²) in [6.07, 6.45) is 11.2. The molecule has 2 aromatic heterocycles. The van der Waals surface area contributed by atoms with Gasteiger partial charge in [-0.05, 0) is 16.6 Å². The molecular weight excluding hydrogens is 466 g/mol. The van der Waals surface area contributed by atoms with Gasteiger partial charge in [0, 0.05) is 24.8 Å². The van der Waals surface area contributed by atoms with E-state index in [4.69, 9.17) is 6.42 Å². The summed E-state index contributed by atoms with van der Waals surface area (Å²) in [5.74, 6) is 4.74. The molecular formula is C24H37F2KN2OSi2. The maximum atomic E-state index is 14.4. The van der Waals surface area contributed by atoms with Crippen molar-refractivity contribution in [2.24, 2.45) is 0 Å². The normalized spacial score (nSPS) is 11.0. The topological polar surface area (TPSA) is 50.7 Å². The van der Waals surface area contributed by atoms with Crippen molar-refractivity contribution in [1.82, 2.24) is 9.22 Å². The van der Waals surface area contributed by atoms with Crippen molar-refractivity contribution in [3.63, 3.8) is 0 Å². The second-order valence-electron chi connectivity index (χ2n) is 9.64. The molecule has 0 saturated carbocycles. The Labute approximate surface area is 238 Å². The third-order valence-electron chi connectivity index (χ3n) is 5.42. The number of halogens is 2. The van der Waals surface area contributed by atoms with E-state index in [1.807, 2.05) is 6.20 Å². The number of aromatic nitrogens is 2. The average Bonchev–Trinajstić information content (AvgIpc) is 3.18. The molecule has 2 aromatic rings. The van der Waals surface area contributed by atoms with E-state index in [1.165, 1.54) is 12.4 Å². The van der Waals surface area contributed by atoms with Crippen molar-refractivity contribution in [3.8, 4) is 23.8 Å². The summed E-state index contributed by atoms with van der Waals surface area (Å²) in [4.78, 5) is 2.53. The molecule has 172 valence electrons. The number of terminal acetylenes is 1. The minimum absolute atomic E-state index is 0. The number of hydrogen-bond donors (Lipinski definition) is 1. The molecule has 0 radical (unpaired) electrons. The van der Waals surface area contributed by atoms with Gasteiger partial charge in [0.25, 0.3) is 0 Å². The fraction of sp³-hybridized carbons (Fsp3) is 0.500. The van der Waals surface area contributed by atoms with Crippen LogP contribution in [-0.4, -0.2) is 31.0 Å². The number of hydrogen-bond acceptors (Lipinski definition) is 1. The van der Waals surface area contributed by atoms with Crippen molar-refractivity contribution in [1.29, 1.82) is 0 Å². The molecule has 0 aromatic carbocycles. The molecule has 2 heterocycles. The average molecular weight is 503 g/mol. The quantitative estimate of drug-likeness (QED) is 0.501. The van der Waals surface area contributed by atoms with Crippen molar-refractivity contribution < 1.29 is 65.6 Å². The summed E-state index contributed by atoms with van der Waals surface area (Å²) in [7, 11) is -3.36. The van der Waals surface area contributed by atoms with Crippen LogP contribution in [-0.2, 0) is 0 Å². The van der Waals surface area contributed by atoms with E-state index in [0.29, 0.717) is 22.2 Å². The van der Waals surface area contributed by atoms with Crippen molar-refractivity contribution >= 4 is 16.3 Å². The largest absolute Gasteiger partial charge is 1.00 e. The fourth-order valence-corrected chi connectivity index (χ4v) is 11.3. The summed E-state index contributed by atoms with van der Waals surface area (Å²) in [5.41, 5.74) is 5.79. The first-order chi connectivity index (χ1) is 13.8. The van der Waals surface area contributed by atoms with Crippen LogP contribution in [0.4, 0.5) is 8.78 Å². The Morgan fingerprint density at radius 1 is 0.875 bits per heavy atom. The molecule has 0 aliphatic carbocycles. The Bertz CT molecular complexity index is 920. The second kappa shape index (κ2) is 14.1. The second-order valence-corrected chi connectivity index (χ2v) is 20.1. The summed E-state index contributed by atoms with van der Waals surface area (Å²) in [6.45, 7) is 20.3. The van der Waals surface area contributed by atoms with Crippen LogP contribution in [0.5, 0.6) is 0 Å². The molecule has 0 atom stereocenters. The van der Waals surface area contributed by atoms with E-state index in [9.17, 15) is 8.78 Å². The van der Waals surface area contributed by atoms with E-state index in [1.54, 1.807) is 6.20 Å². The maximum Gasteiger partial charge on any atom is 1.00 e. The third-order valence-corrected chi connectivity index (χ3v) is 13.0. The van der Waals surface area contributed by atoms with Crippen molar-refractivity contribution in [2.75, 3.05) is 0 Å². The molecule has 0 aliphatic heterocycles. The first-order valence-corrected chi connectivity index (χ1v) is 16.1. The summed E-state index contributed by atoms with van der Waals surface area (Å²) < 4.78 is 28.8. The Morgan fingerprint density at radius 2 is 1.38 bits per heavy atom. The van der Waals surface area contributed by atoms with Gasteiger partial charge in [0.05, 0.1) is 11.1 Å². The van der Waals surface area contributed by atoms with Gasteiger partial charge in [-0.2, -0.15) is 0 Å². The van der Waals surface area contributed by atoms with Gasteiger partial charge in [0.2, 0.25) is 0 Å². The van der Waals surface area contributed by atoms with Crippen LogP contribution in [0.2, 0.25) is 36.3 Å². The van der Waals surface area contributed by atoms with Gasteiger partial charge in [-0.3, -0.25) is 0 Å². The first-order valence-electron chi connectivity index (χ1n) is 10.5. The van der Waals surface area contributed by atoms with Crippen molar-refractivity contribution in [3.05, 3.63) is 47.5 Å². The van der Waals surface area contributed by atoms with Gasteiger partial charge in [-0.1, -0.05) is 73.0 Å². The van der Waals surface area contributed by atoms with E-state index in [2.05, 4.69) is 87.8 Å². The monoisotopic (exact) mass is 502 g/mol. The van der Waals surface area contributed by atoms with E-state index in [-0.39, 0.29) is 74.1 Å². The van der Waals surface area contributed by atoms with E-state index < -0.39 is 16.3 Å². The standard InChI is InChI=1S/C18H32FNSi2.C6H4FN.K.H2O/c1-14(2)22(15(3)4,16(5)6)20-12-17(18(19)13-20)10-11-21(7,8)9;1-2-5-3-8-4-6(5)7;;/h12-16H,1-9H3;1,3-4,8H;;1H2/q;;+1;/p-1. The minimum Gasteiger partial charge on any atom is -0.870 e. The molecule has 2 N–H and O–H groups in total. The van der Waals surface area contributed by atoms with Crippen LogP contribution in [0.15, 0.2) is 24.8 Å². The van der Waals surface area contributed by atoms with Crippen LogP contribution in [0.25, 0.3) is 0 Å². The summed E-state index contributed by atoms with van der Waals surface area (Å²) in [5, 5.41) is 0. The van der Waals surface area contributed by atoms with Gasteiger partial charge in [0.15, 0.2) is 19.9 Å². The predicted octanol–water partition coefficient (Wildman–Crippen LogP) is 3.84. The zero-order chi connectivity index (χ0) is 23.3. The number of rotatable bonds is 4. The van der Waals surface area contributed by atoms with E-state index in [0.717, 1.165) is 0 Å². The Balaban J connectivity index is 0. The molecule has 8 heteroatoms. The number of H-pyrrole nitrogens is 1. The molecule has 0 spiro atoms. The zero-order valence-corrected chi connectivity index (χ0v) is 26.4. The Hall–Kier alpha value is -0.430. The molecule has 0 aliphatic rings. The van der Waals surface area contributed by atoms with Crippen LogP contribution in [0, 0.1) is 35.4 Å². The third kappa shape index (κ3) is 8.41. The number of nitrogens with zero attached hydrogens (tertiary/aromatic N) is 1. The molecule has 32 heavy (non-hydrogen) atoms. The molecule has 0 saturated heterocycles. The first kappa shape index (κ1) is 33.7. The maximum absolute atomic E-state index is 14.4. The number of aromatic amines is 1. The van der Waals surface area contributed by atoms with Gasteiger partial charge < -0.3 is 14.7 Å². The van der Waals surface area contributed by atoms with Crippen LogP contribution in [0.3, 0.4) is 0 Å². The molecule has 0 unspecified atom stereocenters. The molecule has 0 fully saturated rings. The summed E-state index contributed by atoms with van der Waals surface area (Å²) >= 11 is 0. The van der Waals surface area contributed by atoms with Gasteiger partial charge in [0.1, 0.15) is 8.07 Å². The van der Waals surface area contributed by atoms with Crippen molar-refractivity contribution in [2.45, 2.75) is 77.8 Å². The molecule has 3 nitrogen and oxygen atoms in total. The van der Waals surface area contributed by atoms with Crippen LogP contribution < -0.4 is 51.4 Å². The zero-order valence-electron chi connectivity index (χ0n) is 21.3.